The minimum absolute atomic E-state index is 0.210. The second-order valence-corrected chi connectivity index (χ2v) is 3.93. The number of carbonyl (C=O) groups excluding carboxylic acids is 2. The fraction of sp³-hybridized carbons (Fsp3) is 0.818. The van der Waals surface area contributed by atoms with Gasteiger partial charge >= 0.3 is 12.1 Å². The van der Waals surface area contributed by atoms with E-state index in [-0.39, 0.29) is 6.73 Å². The molecule has 0 bridgehead atoms. The fourth-order valence-corrected chi connectivity index (χ4v) is 1.33. The van der Waals surface area contributed by atoms with Crippen LogP contribution in [0.3, 0.4) is 0 Å². The molecule has 0 spiro atoms. The zero-order chi connectivity index (χ0) is 15.4. The van der Waals surface area contributed by atoms with Crippen molar-refractivity contribution in [2.24, 2.45) is 10.9 Å². The largest absolute Gasteiger partial charge is 0.509 e. The molecule has 0 fully saturated rings. The van der Waals surface area contributed by atoms with Gasteiger partial charge in [-0.3, -0.25) is 10.1 Å². The molecule has 0 saturated heterocycles. The fourth-order valence-electron chi connectivity index (χ4n) is 1.33. The standard InChI is InChI=1S/C11H21N3O6/c1-8(14-17)20-10(15)9(5-3-4-6-12)13-7-19-11(16)18-2/h8-9,13H,3-7,12H2,1-2H3/t8?,9-/m0/s1. The van der Waals surface area contributed by atoms with Crippen LogP contribution in [-0.4, -0.2) is 44.8 Å². The van der Waals surface area contributed by atoms with Crippen molar-refractivity contribution in [3.8, 4) is 0 Å². The summed E-state index contributed by atoms with van der Waals surface area (Å²) < 4.78 is 13.7. The van der Waals surface area contributed by atoms with E-state index in [0.29, 0.717) is 19.4 Å². The van der Waals surface area contributed by atoms with Gasteiger partial charge in [-0.2, -0.15) is 0 Å². The van der Waals surface area contributed by atoms with E-state index >= 15 is 0 Å². The molecule has 0 saturated carbocycles. The molecule has 9 heteroatoms. The van der Waals surface area contributed by atoms with Gasteiger partial charge in [-0.1, -0.05) is 6.42 Å². The molecule has 20 heavy (non-hydrogen) atoms. The highest BCUT2D eigenvalue weighted by molar-refractivity contribution is 5.75. The van der Waals surface area contributed by atoms with Crippen molar-refractivity contribution >= 4 is 12.1 Å². The maximum atomic E-state index is 11.8. The first kappa shape index (κ1) is 18.3. The highest BCUT2D eigenvalue weighted by Gasteiger charge is 2.22. The van der Waals surface area contributed by atoms with Crippen molar-refractivity contribution in [3.63, 3.8) is 0 Å². The molecule has 3 N–H and O–H groups in total. The topological polar surface area (TPSA) is 129 Å². The van der Waals surface area contributed by atoms with E-state index < -0.39 is 24.4 Å². The number of carbonyl (C=O) groups is 2. The van der Waals surface area contributed by atoms with Crippen molar-refractivity contribution in [3.05, 3.63) is 4.91 Å². The molecule has 0 radical (unpaired) electrons. The molecule has 0 heterocycles. The van der Waals surface area contributed by atoms with Gasteiger partial charge in [0, 0.05) is 0 Å². The van der Waals surface area contributed by atoms with Crippen LogP contribution < -0.4 is 11.1 Å². The summed E-state index contributed by atoms with van der Waals surface area (Å²) in [6.07, 6.45) is -0.0706. The van der Waals surface area contributed by atoms with Crippen LogP contribution >= 0.6 is 0 Å². The lowest BCUT2D eigenvalue weighted by atomic mass is 10.1. The SMILES string of the molecule is COC(=O)OCN[C@@H](CCCCN)C(=O)OC(C)N=O. The normalized spacial score (nSPS) is 13.2. The van der Waals surface area contributed by atoms with Crippen LogP contribution in [0.25, 0.3) is 0 Å². The molecule has 116 valence electrons. The smallest absolute Gasteiger partial charge is 0.438 e. The van der Waals surface area contributed by atoms with E-state index in [0.717, 1.165) is 6.42 Å². The molecule has 1 unspecified atom stereocenters. The number of hydrogen-bond acceptors (Lipinski definition) is 9. The van der Waals surface area contributed by atoms with Gasteiger partial charge in [0.15, 0.2) is 0 Å². The lowest BCUT2D eigenvalue weighted by Crippen LogP contribution is -2.40. The van der Waals surface area contributed by atoms with Crippen LogP contribution in [0.5, 0.6) is 0 Å². The molecule has 2 atom stereocenters. The highest BCUT2D eigenvalue weighted by Crippen LogP contribution is 2.05. The first-order valence-electron chi connectivity index (χ1n) is 6.22. The Morgan fingerprint density at radius 2 is 2.05 bits per heavy atom. The van der Waals surface area contributed by atoms with Crippen LogP contribution in [-0.2, 0) is 19.0 Å². The number of esters is 1. The maximum Gasteiger partial charge on any atom is 0.509 e. The second-order valence-electron chi connectivity index (χ2n) is 3.93. The molecule has 0 rings (SSSR count). The Balaban J connectivity index is 4.27. The first-order valence-corrected chi connectivity index (χ1v) is 6.22. The summed E-state index contributed by atoms with van der Waals surface area (Å²) in [6, 6.07) is -0.713. The molecule has 0 aliphatic rings. The van der Waals surface area contributed by atoms with Crippen LogP contribution in [0.4, 0.5) is 4.79 Å². The summed E-state index contributed by atoms with van der Waals surface area (Å²) in [5, 5.41) is 5.27. The average Bonchev–Trinajstić information content (AvgIpc) is 2.45. The quantitative estimate of drug-likeness (QED) is 0.257. The lowest BCUT2D eigenvalue weighted by Gasteiger charge is -2.18. The maximum absolute atomic E-state index is 11.8. The summed E-state index contributed by atoms with van der Waals surface area (Å²) >= 11 is 0. The van der Waals surface area contributed by atoms with Gasteiger partial charge in [0.1, 0.15) is 12.8 Å². The molecule has 0 aromatic rings. The van der Waals surface area contributed by atoms with Gasteiger partial charge in [0.25, 0.3) is 0 Å². The third-order valence-electron chi connectivity index (χ3n) is 2.35. The van der Waals surface area contributed by atoms with Gasteiger partial charge in [0.2, 0.25) is 6.23 Å². The molecule has 0 aliphatic carbocycles. The Labute approximate surface area is 117 Å². The Bertz CT molecular complexity index is 313. The van der Waals surface area contributed by atoms with E-state index in [2.05, 4.69) is 20.0 Å². The van der Waals surface area contributed by atoms with E-state index in [1.54, 1.807) is 0 Å². The molecular formula is C11H21N3O6. The Hall–Kier alpha value is -1.74. The summed E-state index contributed by atoms with van der Waals surface area (Å²) in [4.78, 5) is 32.8. The van der Waals surface area contributed by atoms with Crippen molar-refractivity contribution in [1.82, 2.24) is 5.32 Å². The molecule has 0 aliphatic heterocycles. The van der Waals surface area contributed by atoms with Crippen LogP contribution in [0, 0.1) is 4.91 Å². The van der Waals surface area contributed by atoms with Gasteiger partial charge in [-0.25, -0.2) is 4.79 Å². The number of hydrogen-bond donors (Lipinski definition) is 2. The van der Waals surface area contributed by atoms with Gasteiger partial charge in [-0.05, 0) is 31.5 Å². The first-order chi connectivity index (χ1) is 9.54. The van der Waals surface area contributed by atoms with Crippen molar-refractivity contribution in [2.45, 2.75) is 38.5 Å². The minimum atomic E-state index is -1.07. The van der Waals surface area contributed by atoms with Gasteiger partial charge < -0.3 is 19.9 Å². The van der Waals surface area contributed by atoms with Crippen LogP contribution in [0.1, 0.15) is 26.2 Å². The van der Waals surface area contributed by atoms with Crippen molar-refractivity contribution < 1.29 is 23.8 Å². The van der Waals surface area contributed by atoms with Gasteiger partial charge in [-0.15, -0.1) is 4.91 Å². The Morgan fingerprint density at radius 1 is 1.35 bits per heavy atom. The predicted molar refractivity (Wildman–Crippen MR) is 69.5 cm³/mol. The van der Waals surface area contributed by atoms with E-state index in [1.807, 2.05) is 0 Å². The zero-order valence-electron chi connectivity index (χ0n) is 11.7. The molecular weight excluding hydrogens is 270 g/mol. The summed E-state index contributed by atoms with van der Waals surface area (Å²) in [5.74, 6) is -0.636. The number of methoxy groups -OCH3 is 1. The summed E-state index contributed by atoms with van der Waals surface area (Å²) in [6.45, 7) is 1.65. The Kier molecular flexibility index (Phi) is 10.2. The van der Waals surface area contributed by atoms with Crippen LogP contribution in [0.15, 0.2) is 5.18 Å². The average molecular weight is 291 g/mol. The zero-order valence-corrected chi connectivity index (χ0v) is 11.7. The predicted octanol–water partition coefficient (Wildman–Crippen LogP) is 0.470. The third-order valence-corrected chi connectivity index (χ3v) is 2.35. The van der Waals surface area contributed by atoms with Crippen LogP contribution in [0.2, 0.25) is 0 Å². The summed E-state index contributed by atoms with van der Waals surface area (Å²) in [5.41, 5.74) is 5.37. The Morgan fingerprint density at radius 3 is 2.60 bits per heavy atom. The highest BCUT2D eigenvalue weighted by atomic mass is 16.7. The van der Waals surface area contributed by atoms with E-state index in [9.17, 15) is 14.5 Å². The van der Waals surface area contributed by atoms with E-state index in [1.165, 1.54) is 14.0 Å². The molecule has 0 aromatic heterocycles. The van der Waals surface area contributed by atoms with Crippen molar-refractivity contribution in [1.29, 1.82) is 0 Å². The number of nitrogens with two attached hydrogens (primary N) is 1. The number of unbranched alkanes of at least 4 members (excludes halogenated alkanes) is 1. The number of nitrogens with one attached hydrogen (secondary N) is 1. The number of ether oxygens (including phenoxy) is 3. The van der Waals surface area contributed by atoms with Crippen molar-refractivity contribution in [2.75, 3.05) is 20.4 Å². The molecule has 9 nitrogen and oxygen atoms in total. The van der Waals surface area contributed by atoms with E-state index in [4.69, 9.17) is 10.5 Å². The number of nitroso groups, excluding NO2 is 1. The minimum Gasteiger partial charge on any atom is -0.438 e. The number of rotatable bonds is 10. The molecule has 0 aromatic carbocycles. The monoisotopic (exact) mass is 291 g/mol. The lowest BCUT2D eigenvalue weighted by molar-refractivity contribution is -0.151. The third kappa shape index (κ3) is 8.38. The number of nitrogens with zero attached hydrogens (tertiary/aromatic N) is 1. The van der Waals surface area contributed by atoms with Gasteiger partial charge in [0.05, 0.1) is 7.11 Å². The summed E-state index contributed by atoms with van der Waals surface area (Å²) in [7, 11) is 1.17. The second kappa shape index (κ2) is 11.1. The molecule has 0 amide bonds.